The number of hydrogen-bond donors (Lipinski definition) is 1. The first-order valence-electron chi connectivity index (χ1n) is 7.53. The topological polar surface area (TPSA) is 99.1 Å². The number of rotatable bonds is 8. The van der Waals surface area contributed by atoms with Gasteiger partial charge in [0, 0.05) is 0 Å². The molecule has 0 aliphatic rings. The minimum Gasteiger partial charge on any atom is -0.490 e. The molecular weight excluding hydrogens is 360 g/mol. The molecule has 0 atom stereocenters. The highest BCUT2D eigenvalue weighted by atomic mass is 32.2. The molecule has 138 valence electrons. The van der Waals surface area contributed by atoms with Crippen LogP contribution in [-0.4, -0.2) is 39.3 Å². The van der Waals surface area contributed by atoms with E-state index in [2.05, 4.69) is 6.58 Å². The summed E-state index contributed by atoms with van der Waals surface area (Å²) in [7, 11) is -2.95. The maximum absolute atomic E-state index is 11.8. The van der Waals surface area contributed by atoms with Crippen molar-refractivity contribution in [1.82, 2.24) is 0 Å². The first-order valence-corrected chi connectivity index (χ1v) is 8.97. The number of esters is 1. The van der Waals surface area contributed by atoms with E-state index in [1.807, 2.05) is 0 Å². The Morgan fingerprint density at radius 1 is 1.12 bits per heavy atom. The number of methoxy groups -OCH3 is 1. The lowest BCUT2D eigenvalue weighted by atomic mass is 10.1. The molecule has 26 heavy (non-hydrogen) atoms. The average molecular weight is 378 g/mol. The number of carbonyl (C=O) groups is 1. The molecule has 8 heteroatoms. The van der Waals surface area contributed by atoms with Crippen molar-refractivity contribution >= 4 is 22.2 Å². The third-order valence-electron chi connectivity index (χ3n) is 3.38. The van der Waals surface area contributed by atoms with Gasteiger partial charge in [0.15, 0.2) is 0 Å². The van der Waals surface area contributed by atoms with Crippen LogP contribution in [0.25, 0.3) is 6.08 Å². The predicted octanol–water partition coefficient (Wildman–Crippen LogP) is 2.82. The largest absolute Gasteiger partial charge is 0.490 e. The smallest absolute Gasteiger partial charge is 0.341 e. The van der Waals surface area contributed by atoms with Crippen molar-refractivity contribution in [2.24, 2.45) is 0 Å². The van der Waals surface area contributed by atoms with Gasteiger partial charge in [-0.15, -0.1) is 0 Å². The summed E-state index contributed by atoms with van der Waals surface area (Å²) >= 11 is 0. The van der Waals surface area contributed by atoms with Gasteiger partial charge in [-0.3, -0.25) is 4.55 Å². The van der Waals surface area contributed by atoms with Crippen LogP contribution in [0.15, 0.2) is 53.9 Å². The molecule has 2 rings (SSSR count). The van der Waals surface area contributed by atoms with Gasteiger partial charge in [0.2, 0.25) is 0 Å². The summed E-state index contributed by atoms with van der Waals surface area (Å²) < 4.78 is 46.6. The summed E-state index contributed by atoms with van der Waals surface area (Å²) in [6, 6.07) is 10.3. The minimum absolute atomic E-state index is 0.150. The molecule has 7 nitrogen and oxygen atoms in total. The van der Waals surface area contributed by atoms with Gasteiger partial charge in [0.1, 0.15) is 30.3 Å². The lowest BCUT2D eigenvalue weighted by Crippen LogP contribution is -2.12. The predicted molar refractivity (Wildman–Crippen MR) is 95.1 cm³/mol. The minimum atomic E-state index is -4.23. The van der Waals surface area contributed by atoms with Gasteiger partial charge in [0.05, 0.1) is 12.0 Å². The van der Waals surface area contributed by atoms with Crippen LogP contribution < -0.4 is 9.47 Å². The van der Waals surface area contributed by atoms with Crippen LogP contribution in [0.5, 0.6) is 11.5 Å². The van der Waals surface area contributed by atoms with Crippen molar-refractivity contribution in [2.75, 3.05) is 20.3 Å². The van der Waals surface area contributed by atoms with E-state index in [9.17, 15) is 13.2 Å². The molecule has 0 radical (unpaired) electrons. The third-order valence-corrected chi connectivity index (χ3v) is 4.24. The number of carbonyl (C=O) groups excluding carboxylic acids is 1. The van der Waals surface area contributed by atoms with Crippen LogP contribution in [-0.2, 0) is 14.9 Å². The van der Waals surface area contributed by atoms with Gasteiger partial charge < -0.3 is 14.2 Å². The van der Waals surface area contributed by atoms with E-state index in [1.165, 1.54) is 31.4 Å². The summed E-state index contributed by atoms with van der Waals surface area (Å²) in [6.07, 6.45) is 1.61. The molecule has 0 bridgehead atoms. The Morgan fingerprint density at radius 3 is 2.35 bits per heavy atom. The quantitative estimate of drug-likeness (QED) is 0.428. The summed E-state index contributed by atoms with van der Waals surface area (Å²) in [5.41, 5.74) is 1.04. The molecule has 0 saturated heterocycles. The summed E-state index contributed by atoms with van der Waals surface area (Å²) in [5, 5.41) is 0. The summed E-state index contributed by atoms with van der Waals surface area (Å²) in [6.45, 7) is 3.96. The third kappa shape index (κ3) is 5.08. The molecule has 0 aliphatic carbocycles. The van der Waals surface area contributed by atoms with E-state index in [0.717, 1.165) is 5.56 Å². The van der Waals surface area contributed by atoms with E-state index in [-0.39, 0.29) is 23.7 Å². The molecule has 2 aromatic rings. The second-order valence-corrected chi connectivity index (χ2v) is 6.52. The van der Waals surface area contributed by atoms with Crippen molar-refractivity contribution in [2.45, 2.75) is 4.90 Å². The van der Waals surface area contributed by atoms with Gasteiger partial charge >= 0.3 is 5.97 Å². The number of ether oxygens (including phenoxy) is 3. The lowest BCUT2D eigenvalue weighted by Gasteiger charge is -2.12. The average Bonchev–Trinajstić information content (AvgIpc) is 2.64. The maximum atomic E-state index is 11.8. The standard InChI is InChI=1S/C18H18O7S/c1-3-13-4-9-17(16(12-13)18(19)23-2)25-11-10-24-14-5-7-15(8-6-14)26(20,21)22/h3-9,12H,1,10-11H2,2H3,(H,20,21,22). The second-order valence-electron chi connectivity index (χ2n) is 5.09. The van der Waals surface area contributed by atoms with E-state index in [4.69, 9.17) is 18.8 Å². The van der Waals surface area contributed by atoms with E-state index in [1.54, 1.807) is 24.3 Å². The maximum Gasteiger partial charge on any atom is 0.341 e. The van der Waals surface area contributed by atoms with Crippen LogP contribution >= 0.6 is 0 Å². The highest BCUT2D eigenvalue weighted by Crippen LogP contribution is 2.22. The first-order chi connectivity index (χ1) is 12.3. The van der Waals surface area contributed by atoms with E-state index in [0.29, 0.717) is 11.5 Å². The zero-order valence-corrected chi connectivity index (χ0v) is 14.9. The Kier molecular flexibility index (Phi) is 6.37. The Labute approximate surface area is 151 Å². The summed E-state index contributed by atoms with van der Waals surface area (Å²) in [4.78, 5) is 11.6. The van der Waals surface area contributed by atoms with Crippen LogP contribution in [0.4, 0.5) is 0 Å². The fourth-order valence-corrected chi connectivity index (χ4v) is 2.57. The molecule has 0 amide bonds. The Bertz CT molecular complexity index is 886. The summed E-state index contributed by atoms with van der Waals surface area (Å²) in [5.74, 6) is 0.245. The molecular formula is C18H18O7S. The molecule has 0 fully saturated rings. The van der Waals surface area contributed by atoms with E-state index >= 15 is 0 Å². The lowest BCUT2D eigenvalue weighted by molar-refractivity contribution is 0.0595. The fourth-order valence-electron chi connectivity index (χ4n) is 2.09. The van der Waals surface area contributed by atoms with Gasteiger partial charge in [-0.25, -0.2) is 4.79 Å². The number of hydrogen-bond acceptors (Lipinski definition) is 6. The normalized spacial score (nSPS) is 10.8. The molecule has 0 heterocycles. The van der Waals surface area contributed by atoms with Crippen molar-refractivity contribution in [3.63, 3.8) is 0 Å². The van der Waals surface area contributed by atoms with Crippen LogP contribution in [0.1, 0.15) is 15.9 Å². The molecule has 1 N–H and O–H groups in total. The fraction of sp³-hybridized carbons (Fsp3) is 0.167. The number of benzene rings is 2. The first kappa shape index (κ1) is 19.5. The molecule has 0 unspecified atom stereocenters. The van der Waals surface area contributed by atoms with Crippen LogP contribution in [0.2, 0.25) is 0 Å². The van der Waals surface area contributed by atoms with Crippen molar-refractivity contribution in [3.8, 4) is 11.5 Å². The van der Waals surface area contributed by atoms with Crippen molar-refractivity contribution in [1.29, 1.82) is 0 Å². The molecule has 0 saturated carbocycles. The van der Waals surface area contributed by atoms with Gasteiger partial charge in [-0.2, -0.15) is 8.42 Å². The zero-order chi connectivity index (χ0) is 19.2. The molecule has 0 aromatic heterocycles. The highest BCUT2D eigenvalue weighted by Gasteiger charge is 2.14. The molecule has 2 aromatic carbocycles. The molecule has 0 aliphatic heterocycles. The van der Waals surface area contributed by atoms with Gasteiger partial charge in [-0.1, -0.05) is 18.7 Å². The highest BCUT2D eigenvalue weighted by molar-refractivity contribution is 7.85. The van der Waals surface area contributed by atoms with Gasteiger partial charge in [0.25, 0.3) is 10.1 Å². The second kappa shape index (κ2) is 8.50. The molecule has 0 spiro atoms. The van der Waals surface area contributed by atoms with Crippen molar-refractivity contribution < 1.29 is 32.0 Å². The monoisotopic (exact) mass is 378 g/mol. The van der Waals surface area contributed by atoms with Crippen LogP contribution in [0, 0.1) is 0 Å². The Morgan fingerprint density at radius 2 is 1.77 bits per heavy atom. The van der Waals surface area contributed by atoms with Crippen LogP contribution in [0.3, 0.4) is 0 Å². The zero-order valence-electron chi connectivity index (χ0n) is 14.0. The SMILES string of the molecule is C=Cc1ccc(OCCOc2ccc(S(=O)(=O)O)cc2)c(C(=O)OC)c1. The Hall–Kier alpha value is -2.84. The van der Waals surface area contributed by atoms with Gasteiger partial charge in [-0.05, 0) is 42.0 Å². The Balaban J connectivity index is 1.95. The van der Waals surface area contributed by atoms with Crippen molar-refractivity contribution in [3.05, 3.63) is 60.2 Å². The van der Waals surface area contributed by atoms with E-state index < -0.39 is 16.1 Å².